The molecule has 3 aromatic rings. The van der Waals surface area contributed by atoms with E-state index < -0.39 is 11.8 Å². The molecular weight excluding hydrogens is 370 g/mol. The summed E-state index contributed by atoms with van der Waals surface area (Å²) in [5.74, 6) is -1.02. The summed E-state index contributed by atoms with van der Waals surface area (Å²) in [4.78, 5) is 41.2. The summed E-state index contributed by atoms with van der Waals surface area (Å²) in [6.07, 6.45) is 1.18. The predicted molar refractivity (Wildman–Crippen MR) is 103 cm³/mol. The topological polar surface area (TPSA) is 102 Å². The first-order valence-electron chi connectivity index (χ1n) is 8.19. The van der Waals surface area contributed by atoms with Crippen molar-refractivity contribution in [3.05, 3.63) is 63.4 Å². The molecule has 0 aliphatic carbocycles. The van der Waals surface area contributed by atoms with Crippen LogP contribution in [0.3, 0.4) is 0 Å². The number of amides is 2. The van der Waals surface area contributed by atoms with Gasteiger partial charge in [0, 0.05) is 27.4 Å². The van der Waals surface area contributed by atoms with E-state index in [1.807, 2.05) is 0 Å². The van der Waals surface area contributed by atoms with Crippen molar-refractivity contribution >= 4 is 50.9 Å². The second kappa shape index (κ2) is 6.53. The van der Waals surface area contributed by atoms with Crippen molar-refractivity contribution in [2.75, 3.05) is 18.5 Å². The summed E-state index contributed by atoms with van der Waals surface area (Å²) in [5, 5.41) is 13.3. The maximum absolute atomic E-state index is 12.8. The van der Waals surface area contributed by atoms with Gasteiger partial charge in [0.2, 0.25) is 0 Å². The van der Waals surface area contributed by atoms with Gasteiger partial charge in [-0.05, 0) is 30.3 Å². The zero-order valence-corrected chi connectivity index (χ0v) is 14.7. The number of hydrogen-bond acceptors (Lipinski definition) is 5. The predicted octanol–water partition coefficient (Wildman–Crippen LogP) is 1.99. The molecule has 1 aromatic heterocycles. The van der Waals surface area contributed by atoms with Crippen molar-refractivity contribution in [3.63, 3.8) is 0 Å². The summed E-state index contributed by atoms with van der Waals surface area (Å²) in [6, 6.07) is 10.0. The Morgan fingerprint density at radius 3 is 2.70 bits per heavy atom. The van der Waals surface area contributed by atoms with Crippen LogP contribution < -0.4 is 10.7 Å². The van der Waals surface area contributed by atoms with Gasteiger partial charge < -0.3 is 15.4 Å². The fourth-order valence-electron chi connectivity index (χ4n) is 3.13. The van der Waals surface area contributed by atoms with Crippen molar-refractivity contribution < 1.29 is 14.7 Å². The molecule has 27 heavy (non-hydrogen) atoms. The van der Waals surface area contributed by atoms with Crippen LogP contribution >= 0.6 is 11.6 Å². The number of benzene rings is 2. The van der Waals surface area contributed by atoms with Gasteiger partial charge in [0.15, 0.2) is 5.43 Å². The smallest absolute Gasteiger partial charge is 0.277 e. The minimum atomic E-state index is -0.527. The fourth-order valence-corrected chi connectivity index (χ4v) is 3.30. The maximum atomic E-state index is 12.8. The van der Waals surface area contributed by atoms with Crippen molar-refractivity contribution in [2.24, 2.45) is 0 Å². The number of carbonyl (C=O) groups is 2. The number of nitrogens with one attached hydrogen (secondary N) is 2. The molecular formula is C19H14ClN3O4. The summed E-state index contributed by atoms with van der Waals surface area (Å²) >= 11 is 5.99. The molecule has 7 nitrogen and oxygen atoms in total. The first-order chi connectivity index (χ1) is 13.0. The molecule has 1 aliphatic rings. The Bertz CT molecular complexity index is 1200. The second-order valence-corrected chi connectivity index (χ2v) is 6.51. The van der Waals surface area contributed by atoms with Crippen LogP contribution in [0.15, 0.2) is 53.0 Å². The molecule has 0 unspecified atom stereocenters. The number of imide groups is 1. The van der Waals surface area contributed by atoms with E-state index >= 15 is 0 Å². The number of aromatic amines is 1. The number of pyridine rings is 1. The largest absolute Gasteiger partial charge is 0.395 e. The number of anilines is 1. The number of fused-ring (bicyclic) bond motifs is 2. The normalized spacial score (nSPS) is 14.3. The highest BCUT2D eigenvalue weighted by Gasteiger charge is 2.30. The first kappa shape index (κ1) is 17.3. The highest BCUT2D eigenvalue weighted by Crippen LogP contribution is 2.26. The lowest BCUT2D eigenvalue weighted by Crippen LogP contribution is -2.34. The number of para-hydroxylation sites is 1. The Hall–Kier alpha value is -3.16. The molecule has 2 aromatic carbocycles. The third-order valence-electron chi connectivity index (χ3n) is 4.40. The Morgan fingerprint density at radius 1 is 1.11 bits per heavy atom. The number of aromatic nitrogens is 1. The SMILES string of the molecule is O=C1C=C(Nc2cccc3c(=O)c4cc(Cl)ccc4[nH]c23)C(=O)N1CCO. The second-order valence-electron chi connectivity index (χ2n) is 6.07. The van der Waals surface area contributed by atoms with Crippen LogP contribution in [0.1, 0.15) is 0 Å². The summed E-state index contributed by atoms with van der Waals surface area (Å²) in [7, 11) is 0. The molecule has 0 radical (unpaired) electrons. The lowest BCUT2D eigenvalue weighted by atomic mass is 10.1. The molecule has 0 fully saturated rings. The molecule has 3 N–H and O–H groups in total. The van der Waals surface area contributed by atoms with Gasteiger partial charge in [-0.3, -0.25) is 19.3 Å². The number of rotatable bonds is 4. The van der Waals surface area contributed by atoms with Crippen LogP contribution in [0.4, 0.5) is 5.69 Å². The molecule has 0 saturated heterocycles. The number of β-amino-alcohol motifs (C(OH)–C–C–N with tert-alkyl or cyclic N) is 1. The van der Waals surface area contributed by atoms with Crippen LogP contribution in [0.2, 0.25) is 5.02 Å². The fraction of sp³-hybridized carbons (Fsp3) is 0.105. The molecule has 4 rings (SSSR count). The number of aliphatic hydroxyl groups is 1. The van der Waals surface area contributed by atoms with Crippen molar-refractivity contribution in [1.29, 1.82) is 0 Å². The standard InChI is InChI=1S/C19H14ClN3O4/c20-10-4-5-13-12(8-10)18(26)11-2-1-3-14(17(11)22-13)21-15-9-16(25)23(6-7-24)19(15)27/h1-5,8-9,21,24H,6-7H2,(H,22,26). The number of aliphatic hydroxyl groups excluding tert-OH is 1. The van der Waals surface area contributed by atoms with Crippen LogP contribution in [0, 0.1) is 0 Å². The zero-order valence-electron chi connectivity index (χ0n) is 14.0. The van der Waals surface area contributed by atoms with E-state index in [1.54, 1.807) is 36.4 Å². The number of nitrogens with zero attached hydrogens (tertiary/aromatic N) is 1. The zero-order chi connectivity index (χ0) is 19.1. The quantitative estimate of drug-likeness (QED) is 0.472. The van der Waals surface area contributed by atoms with Crippen molar-refractivity contribution in [2.45, 2.75) is 0 Å². The van der Waals surface area contributed by atoms with Gasteiger partial charge >= 0.3 is 0 Å². The number of carbonyl (C=O) groups excluding carboxylic acids is 2. The van der Waals surface area contributed by atoms with E-state index in [-0.39, 0.29) is 24.3 Å². The molecule has 2 heterocycles. The number of halogens is 1. The van der Waals surface area contributed by atoms with Gasteiger partial charge in [-0.25, -0.2) is 0 Å². The molecule has 0 bridgehead atoms. The van der Waals surface area contributed by atoms with Crippen molar-refractivity contribution in [3.8, 4) is 0 Å². The summed E-state index contributed by atoms with van der Waals surface area (Å²) in [6.45, 7) is -0.383. The minimum Gasteiger partial charge on any atom is -0.395 e. The molecule has 1 aliphatic heterocycles. The molecule has 136 valence electrons. The van der Waals surface area contributed by atoms with Crippen molar-refractivity contribution in [1.82, 2.24) is 9.88 Å². The van der Waals surface area contributed by atoms with Crippen LogP contribution in [0.5, 0.6) is 0 Å². The monoisotopic (exact) mass is 383 g/mol. The van der Waals surface area contributed by atoms with E-state index in [1.165, 1.54) is 6.08 Å². The van der Waals surface area contributed by atoms with E-state index in [0.29, 0.717) is 32.5 Å². The van der Waals surface area contributed by atoms with Gasteiger partial charge in [-0.2, -0.15) is 0 Å². The Labute approximate surface area is 157 Å². The molecule has 0 saturated carbocycles. The average molecular weight is 384 g/mol. The van der Waals surface area contributed by atoms with E-state index in [4.69, 9.17) is 16.7 Å². The highest BCUT2D eigenvalue weighted by molar-refractivity contribution is 6.31. The number of H-pyrrole nitrogens is 1. The van der Waals surface area contributed by atoms with Gasteiger partial charge in [-0.1, -0.05) is 17.7 Å². The Kier molecular flexibility index (Phi) is 4.18. The van der Waals surface area contributed by atoms with Crippen LogP contribution in [-0.2, 0) is 9.59 Å². The summed E-state index contributed by atoms with van der Waals surface area (Å²) < 4.78 is 0. The Morgan fingerprint density at radius 2 is 1.93 bits per heavy atom. The van der Waals surface area contributed by atoms with Gasteiger partial charge in [-0.15, -0.1) is 0 Å². The third kappa shape index (κ3) is 2.87. The first-order valence-corrected chi connectivity index (χ1v) is 8.57. The summed E-state index contributed by atoms with van der Waals surface area (Å²) in [5.41, 5.74) is 1.50. The van der Waals surface area contributed by atoms with Gasteiger partial charge in [0.1, 0.15) is 5.70 Å². The van der Waals surface area contributed by atoms with E-state index in [0.717, 1.165) is 4.90 Å². The molecule has 8 heteroatoms. The average Bonchev–Trinajstić information content (AvgIpc) is 2.91. The van der Waals surface area contributed by atoms with Crippen LogP contribution in [0.25, 0.3) is 21.8 Å². The highest BCUT2D eigenvalue weighted by atomic mass is 35.5. The minimum absolute atomic E-state index is 0.0723. The molecule has 2 amide bonds. The van der Waals surface area contributed by atoms with Crippen LogP contribution in [-0.4, -0.2) is 40.0 Å². The third-order valence-corrected chi connectivity index (χ3v) is 4.63. The van der Waals surface area contributed by atoms with Gasteiger partial charge in [0.05, 0.1) is 24.4 Å². The maximum Gasteiger partial charge on any atom is 0.277 e. The van der Waals surface area contributed by atoms with E-state index in [9.17, 15) is 14.4 Å². The van der Waals surface area contributed by atoms with Gasteiger partial charge in [0.25, 0.3) is 11.8 Å². The number of hydrogen-bond donors (Lipinski definition) is 3. The lowest BCUT2D eigenvalue weighted by Gasteiger charge is -2.14. The lowest BCUT2D eigenvalue weighted by molar-refractivity contribution is -0.137. The van der Waals surface area contributed by atoms with E-state index in [2.05, 4.69) is 10.3 Å². The Balaban J connectivity index is 1.82. The molecule has 0 spiro atoms. The molecule has 0 atom stereocenters.